The minimum absolute atomic E-state index is 0.0854. The lowest BCUT2D eigenvalue weighted by Crippen LogP contribution is -2.35. The van der Waals surface area contributed by atoms with Gasteiger partial charge in [0.2, 0.25) is 0 Å². The number of nitrogens with zero attached hydrogens (tertiary/aromatic N) is 4. The SMILES string of the molecule is Nc1cc(C(=O)NC2CCc3nnc(-c4ccccc4)n3CC2)ccn1. The summed E-state index contributed by atoms with van der Waals surface area (Å²) in [4.78, 5) is 16.4. The average Bonchev–Trinajstić information content (AvgIpc) is 2.97. The fraction of sp³-hybridized carbons (Fsp3) is 0.263. The predicted molar refractivity (Wildman–Crippen MR) is 98.3 cm³/mol. The van der Waals surface area contributed by atoms with Crippen LogP contribution in [0.1, 0.15) is 29.0 Å². The van der Waals surface area contributed by atoms with Crippen molar-refractivity contribution >= 4 is 11.7 Å². The summed E-state index contributed by atoms with van der Waals surface area (Å²) < 4.78 is 2.16. The van der Waals surface area contributed by atoms with Gasteiger partial charge < -0.3 is 15.6 Å². The van der Waals surface area contributed by atoms with E-state index in [0.717, 1.165) is 43.0 Å². The van der Waals surface area contributed by atoms with E-state index in [1.165, 1.54) is 0 Å². The predicted octanol–water partition coefficient (Wildman–Crippen LogP) is 2.06. The van der Waals surface area contributed by atoms with Crippen molar-refractivity contribution in [2.45, 2.75) is 31.8 Å². The molecule has 3 heterocycles. The van der Waals surface area contributed by atoms with Crippen molar-refractivity contribution in [1.29, 1.82) is 0 Å². The molecule has 1 aliphatic rings. The number of benzene rings is 1. The number of carbonyl (C=O) groups is 1. The first kappa shape index (κ1) is 16.3. The van der Waals surface area contributed by atoms with Crippen LogP contribution in [0.25, 0.3) is 11.4 Å². The first-order valence-electron chi connectivity index (χ1n) is 8.70. The molecule has 7 heteroatoms. The van der Waals surface area contributed by atoms with Crippen LogP contribution in [0.3, 0.4) is 0 Å². The van der Waals surface area contributed by atoms with E-state index in [-0.39, 0.29) is 11.9 Å². The van der Waals surface area contributed by atoms with E-state index in [4.69, 9.17) is 5.73 Å². The zero-order valence-electron chi connectivity index (χ0n) is 14.3. The second-order valence-electron chi connectivity index (χ2n) is 6.42. The molecule has 0 saturated carbocycles. The lowest BCUT2D eigenvalue weighted by Gasteiger charge is -2.16. The largest absolute Gasteiger partial charge is 0.384 e. The lowest BCUT2D eigenvalue weighted by molar-refractivity contribution is 0.0933. The van der Waals surface area contributed by atoms with Crippen molar-refractivity contribution in [2.24, 2.45) is 0 Å². The van der Waals surface area contributed by atoms with Gasteiger partial charge in [0.15, 0.2) is 5.82 Å². The zero-order chi connectivity index (χ0) is 17.9. The number of hydrogen-bond acceptors (Lipinski definition) is 5. The van der Waals surface area contributed by atoms with Crippen LogP contribution in [-0.4, -0.2) is 31.7 Å². The van der Waals surface area contributed by atoms with Gasteiger partial charge in [0.1, 0.15) is 11.6 Å². The van der Waals surface area contributed by atoms with Crippen LogP contribution in [0.5, 0.6) is 0 Å². The highest BCUT2D eigenvalue weighted by molar-refractivity contribution is 5.94. The Morgan fingerprint density at radius 2 is 2.00 bits per heavy atom. The first-order chi connectivity index (χ1) is 12.7. The molecule has 1 aliphatic heterocycles. The molecule has 1 amide bonds. The summed E-state index contributed by atoms with van der Waals surface area (Å²) in [6, 6.07) is 13.4. The van der Waals surface area contributed by atoms with E-state index in [1.807, 2.05) is 30.3 Å². The van der Waals surface area contributed by atoms with E-state index in [2.05, 4.69) is 25.1 Å². The maximum absolute atomic E-state index is 12.4. The Bertz CT molecular complexity index is 921. The van der Waals surface area contributed by atoms with Crippen LogP contribution in [0.2, 0.25) is 0 Å². The molecule has 3 N–H and O–H groups in total. The number of nitrogens with one attached hydrogen (secondary N) is 1. The Morgan fingerprint density at radius 3 is 2.81 bits per heavy atom. The van der Waals surface area contributed by atoms with Gasteiger partial charge in [0.05, 0.1) is 0 Å². The van der Waals surface area contributed by atoms with Crippen LogP contribution in [0.4, 0.5) is 5.82 Å². The molecule has 0 spiro atoms. The smallest absolute Gasteiger partial charge is 0.251 e. The summed E-state index contributed by atoms with van der Waals surface area (Å²) in [5, 5.41) is 11.8. The molecule has 1 aromatic carbocycles. The van der Waals surface area contributed by atoms with Gasteiger partial charge in [0, 0.05) is 36.3 Å². The topological polar surface area (TPSA) is 98.7 Å². The molecule has 132 valence electrons. The number of aryl methyl sites for hydroxylation is 1. The van der Waals surface area contributed by atoms with Gasteiger partial charge in [-0.3, -0.25) is 4.79 Å². The van der Waals surface area contributed by atoms with Gasteiger partial charge in [-0.1, -0.05) is 30.3 Å². The molecule has 0 fully saturated rings. The van der Waals surface area contributed by atoms with Gasteiger partial charge in [-0.2, -0.15) is 0 Å². The summed E-state index contributed by atoms with van der Waals surface area (Å²) >= 11 is 0. The van der Waals surface area contributed by atoms with E-state index < -0.39 is 0 Å². The quantitative estimate of drug-likeness (QED) is 0.755. The van der Waals surface area contributed by atoms with Gasteiger partial charge in [-0.25, -0.2) is 4.98 Å². The molecule has 3 aromatic rings. The van der Waals surface area contributed by atoms with Crippen LogP contribution in [-0.2, 0) is 13.0 Å². The van der Waals surface area contributed by atoms with Crippen molar-refractivity contribution in [3.63, 3.8) is 0 Å². The number of anilines is 1. The van der Waals surface area contributed by atoms with E-state index >= 15 is 0 Å². The normalized spacial score (nSPS) is 16.5. The van der Waals surface area contributed by atoms with Crippen LogP contribution in [0, 0.1) is 0 Å². The maximum Gasteiger partial charge on any atom is 0.251 e. The van der Waals surface area contributed by atoms with Gasteiger partial charge in [-0.05, 0) is 25.0 Å². The van der Waals surface area contributed by atoms with Crippen molar-refractivity contribution in [1.82, 2.24) is 25.1 Å². The summed E-state index contributed by atoms with van der Waals surface area (Å²) in [6.07, 6.45) is 3.99. The number of hydrogen-bond donors (Lipinski definition) is 2. The fourth-order valence-electron chi connectivity index (χ4n) is 3.29. The van der Waals surface area contributed by atoms with Crippen LogP contribution >= 0.6 is 0 Å². The molecule has 0 radical (unpaired) electrons. The Labute approximate surface area is 151 Å². The number of nitrogen functional groups attached to an aromatic ring is 1. The molecule has 0 bridgehead atoms. The van der Waals surface area contributed by atoms with E-state index in [0.29, 0.717) is 11.4 Å². The van der Waals surface area contributed by atoms with E-state index in [9.17, 15) is 4.79 Å². The fourth-order valence-corrected chi connectivity index (χ4v) is 3.29. The Morgan fingerprint density at radius 1 is 1.15 bits per heavy atom. The van der Waals surface area contributed by atoms with Gasteiger partial charge >= 0.3 is 0 Å². The molecule has 0 aliphatic carbocycles. The number of nitrogens with two attached hydrogens (primary N) is 1. The molecule has 1 atom stereocenters. The van der Waals surface area contributed by atoms with Crippen LogP contribution < -0.4 is 11.1 Å². The Hall–Kier alpha value is -3.22. The molecule has 2 aromatic heterocycles. The minimum Gasteiger partial charge on any atom is -0.384 e. The second kappa shape index (κ2) is 6.95. The third-order valence-corrected chi connectivity index (χ3v) is 4.66. The number of amides is 1. The van der Waals surface area contributed by atoms with Crippen molar-refractivity contribution in [2.75, 3.05) is 5.73 Å². The summed E-state index contributed by atoms with van der Waals surface area (Å²) in [5.41, 5.74) is 7.25. The van der Waals surface area contributed by atoms with Gasteiger partial charge in [-0.15, -0.1) is 10.2 Å². The Kier molecular flexibility index (Phi) is 4.35. The molecule has 0 saturated heterocycles. The molecular formula is C19H20N6O. The van der Waals surface area contributed by atoms with Crippen molar-refractivity contribution in [3.05, 3.63) is 60.0 Å². The van der Waals surface area contributed by atoms with Crippen LogP contribution in [0.15, 0.2) is 48.7 Å². The van der Waals surface area contributed by atoms with Crippen molar-refractivity contribution in [3.8, 4) is 11.4 Å². The molecule has 26 heavy (non-hydrogen) atoms. The highest BCUT2D eigenvalue weighted by Gasteiger charge is 2.22. The van der Waals surface area contributed by atoms with Crippen molar-refractivity contribution < 1.29 is 4.79 Å². The van der Waals surface area contributed by atoms with E-state index in [1.54, 1.807) is 18.3 Å². The Balaban J connectivity index is 1.47. The molecule has 7 nitrogen and oxygen atoms in total. The number of rotatable bonds is 3. The molecule has 1 unspecified atom stereocenters. The third kappa shape index (κ3) is 3.28. The number of aromatic nitrogens is 4. The second-order valence-corrected chi connectivity index (χ2v) is 6.42. The summed E-state index contributed by atoms with van der Waals surface area (Å²) in [6.45, 7) is 0.774. The monoisotopic (exact) mass is 348 g/mol. The maximum atomic E-state index is 12.4. The number of carbonyl (C=O) groups excluding carboxylic acids is 1. The number of pyridine rings is 1. The summed E-state index contributed by atoms with van der Waals surface area (Å²) in [7, 11) is 0. The lowest BCUT2D eigenvalue weighted by atomic mass is 10.1. The molecular weight excluding hydrogens is 328 g/mol. The number of fused-ring (bicyclic) bond motifs is 1. The third-order valence-electron chi connectivity index (χ3n) is 4.66. The molecule has 4 rings (SSSR count). The first-order valence-corrected chi connectivity index (χ1v) is 8.70. The minimum atomic E-state index is -0.120. The highest BCUT2D eigenvalue weighted by Crippen LogP contribution is 2.22. The highest BCUT2D eigenvalue weighted by atomic mass is 16.1. The zero-order valence-corrected chi connectivity index (χ0v) is 14.3. The standard InChI is InChI=1S/C19H20N6O/c20-16-12-14(8-10-21-16)19(26)22-15-6-7-17-23-24-18(25(17)11-9-15)13-4-2-1-3-5-13/h1-5,8,10,12,15H,6-7,9,11H2,(H2,20,21)(H,22,26). The summed E-state index contributed by atoms with van der Waals surface area (Å²) in [5.74, 6) is 2.07. The average molecular weight is 348 g/mol. The van der Waals surface area contributed by atoms with Gasteiger partial charge in [0.25, 0.3) is 5.91 Å².